The largest absolute Gasteiger partial charge is 0.491 e. The summed E-state index contributed by atoms with van der Waals surface area (Å²) in [6.45, 7) is 5.92. The summed E-state index contributed by atoms with van der Waals surface area (Å²) in [7, 11) is 0. The van der Waals surface area contributed by atoms with Crippen molar-refractivity contribution in [1.29, 1.82) is 0 Å². The Morgan fingerprint density at radius 1 is 1.08 bits per heavy atom. The number of hydrogen-bond acceptors (Lipinski definition) is 3. The number of ether oxygens (including phenoxy) is 1. The summed E-state index contributed by atoms with van der Waals surface area (Å²) in [5, 5.41) is 1.39. The molecule has 1 aromatic heterocycles. The number of ketones is 1. The summed E-state index contributed by atoms with van der Waals surface area (Å²) in [5.41, 5.74) is 1.53. The summed E-state index contributed by atoms with van der Waals surface area (Å²) in [6, 6.07) is 14.6. The predicted molar refractivity (Wildman–Crippen MR) is 99.5 cm³/mol. The lowest BCUT2D eigenvalue weighted by Crippen LogP contribution is -2.23. The lowest BCUT2D eigenvalue weighted by atomic mass is 10.1. The van der Waals surface area contributed by atoms with Crippen LogP contribution in [0.2, 0.25) is 0 Å². The van der Waals surface area contributed by atoms with E-state index in [0.717, 1.165) is 16.7 Å². The van der Waals surface area contributed by atoms with E-state index < -0.39 is 0 Å². The Kier molecular flexibility index (Phi) is 4.70. The number of aryl methyl sites for hydroxylation is 1. The number of fused-ring (bicyclic) bond motifs is 1. The van der Waals surface area contributed by atoms with Crippen LogP contribution in [0.25, 0.3) is 10.8 Å². The molecule has 0 radical (unpaired) electrons. The zero-order valence-electron chi connectivity index (χ0n) is 14.7. The Hall–Kier alpha value is -2.88. The van der Waals surface area contributed by atoms with Crippen molar-refractivity contribution >= 4 is 16.6 Å². The van der Waals surface area contributed by atoms with Gasteiger partial charge in [0.2, 0.25) is 0 Å². The molecular weight excluding hydrogens is 314 g/mol. The van der Waals surface area contributed by atoms with E-state index in [4.69, 9.17) is 4.74 Å². The van der Waals surface area contributed by atoms with Gasteiger partial charge in [-0.25, -0.2) is 0 Å². The lowest BCUT2D eigenvalue weighted by molar-refractivity contribution is 0.0971. The van der Waals surface area contributed by atoms with Crippen molar-refractivity contribution in [2.45, 2.75) is 33.4 Å². The monoisotopic (exact) mass is 335 g/mol. The number of Topliss-reactive ketones (excluding diaryl/α,β-unsaturated/α-hetero) is 1. The van der Waals surface area contributed by atoms with Crippen LogP contribution >= 0.6 is 0 Å². The molecule has 0 saturated heterocycles. The number of aromatic nitrogens is 1. The number of carbonyl (C=O) groups is 1. The molecule has 0 atom stereocenters. The highest BCUT2D eigenvalue weighted by molar-refractivity contribution is 5.96. The van der Waals surface area contributed by atoms with Crippen molar-refractivity contribution in [2.75, 3.05) is 0 Å². The van der Waals surface area contributed by atoms with Gasteiger partial charge in [-0.15, -0.1) is 0 Å². The molecule has 4 heteroatoms. The molecule has 25 heavy (non-hydrogen) atoms. The van der Waals surface area contributed by atoms with Crippen LogP contribution in [0, 0.1) is 6.92 Å². The number of hydrogen-bond donors (Lipinski definition) is 0. The van der Waals surface area contributed by atoms with Crippen LogP contribution in [0.5, 0.6) is 5.75 Å². The lowest BCUT2D eigenvalue weighted by Gasteiger charge is -2.11. The van der Waals surface area contributed by atoms with Gasteiger partial charge in [-0.05, 0) is 50.4 Å². The minimum Gasteiger partial charge on any atom is -0.491 e. The second kappa shape index (κ2) is 6.93. The summed E-state index contributed by atoms with van der Waals surface area (Å²) in [4.78, 5) is 25.1. The van der Waals surface area contributed by atoms with Gasteiger partial charge in [0.15, 0.2) is 5.78 Å². The zero-order chi connectivity index (χ0) is 18.0. The number of nitrogens with zero attached hydrogens (tertiary/aromatic N) is 1. The standard InChI is InChI=1S/C21H21NO3/c1-14(2)25-18-8-9-19-17(12-18)10-11-22(21(19)24)13-20(23)16-6-4-15(3)5-7-16/h4-12,14H,13H2,1-3H3. The third-order valence-electron chi connectivity index (χ3n) is 4.01. The normalized spacial score (nSPS) is 11.0. The first-order valence-corrected chi connectivity index (χ1v) is 8.34. The molecule has 0 bridgehead atoms. The summed E-state index contributed by atoms with van der Waals surface area (Å²) in [5.74, 6) is 0.650. The molecule has 3 aromatic rings. The highest BCUT2D eigenvalue weighted by atomic mass is 16.5. The Morgan fingerprint density at radius 2 is 1.80 bits per heavy atom. The maximum Gasteiger partial charge on any atom is 0.258 e. The van der Waals surface area contributed by atoms with Gasteiger partial charge in [0.05, 0.1) is 12.6 Å². The molecule has 0 unspecified atom stereocenters. The van der Waals surface area contributed by atoms with E-state index in [-0.39, 0.29) is 24.0 Å². The van der Waals surface area contributed by atoms with Crippen molar-refractivity contribution in [3.05, 3.63) is 76.2 Å². The fourth-order valence-electron chi connectivity index (χ4n) is 2.72. The first kappa shape index (κ1) is 17.0. The van der Waals surface area contributed by atoms with E-state index >= 15 is 0 Å². The molecule has 0 N–H and O–H groups in total. The van der Waals surface area contributed by atoms with E-state index in [9.17, 15) is 9.59 Å². The van der Waals surface area contributed by atoms with Crippen LogP contribution < -0.4 is 10.3 Å². The van der Waals surface area contributed by atoms with Crippen molar-refractivity contribution in [3.63, 3.8) is 0 Å². The number of pyridine rings is 1. The van der Waals surface area contributed by atoms with E-state index in [0.29, 0.717) is 10.9 Å². The smallest absolute Gasteiger partial charge is 0.258 e. The Labute approximate surface area is 146 Å². The van der Waals surface area contributed by atoms with Crippen LogP contribution in [0.15, 0.2) is 59.5 Å². The van der Waals surface area contributed by atoms with Crippen molar-refractivity contribution < 1.29 is 9.53 Å². The molecule has 0 spiro atoms. The molecule has 3 rings (SSSR count). The molecule has 0 saturated carbocycles. The van der Waals surface area contributed by atoms with Gasteiger partial charge < -0.3 is 9.30 Å². The number of rotatable bonds is 5. The maximum absolute atomic E-state index is 12.7. The van der Waals surface area contributed by atoms with Gasteiger partial charge in [0, 0.05) is 17.1 Å². The molecule has 2 aromatic carbocycles. The van der Waals surface area contributed by atoms with Crippen LogP contribution in [-0.2, 0) is 6.54 Å². The molecule has 4 nitrogen and oxygen atoms in total. The van der Waals surface area contributed by atoms with Crippen LogP contribution in [-0.4, -0.2) is 16.5 Å². The second-order valence-electron chi connectivity index (χ2n) is 6.45. The topological polar surface area (TPSA) is 48.3 Å². The Morgan fingerprint density at radius 3 is 2.48 bits per heavy atom. The highest BCUT2D eigenvalue weighted by Crippen LogP contribution is 2.19. The van der Waals surface area contributed by atoms with E-state index in [1.807, 2.05) is 45.0 Å². The van der Waals surface area contributed by atoms with E-state index in [2.05, 4.69) is 0 Å². The third kappa shape index (κ3) is 3.79. The summed E-state index contributed by atoms with van der Waals surface area (Å²) >= 11 is 0. The zero-order valence-corrected chi connectivity index (χ0v) is 14.7. The second-order valence-corrected chi connectivity index (χ2v) is 6.45. The average molecular weight is 335 g/mol. The minimum atomic E-state index is -0.172. The van der Waals surface area contributed by atoms with Crippen LogP contribution in [0.4, 0.5) is 0 Å². The van der Waals surface area contributed by atoms with Gasteiger partial charge in [0.25, 0.3) is 5.56 Å². The first-order valence-electron chi connectivity index (χ1n) is 8.34. The molecule has 0 amide bonds. The molecule has 0 aliphatic heterocycles. The SMILES string of the molecule is Cc1ccc(C(=O)Cn2ccc3cc(OC(C)C)ccc3c2=O)cc1. The van der Waals surface area contributed by atoms with E-state index in [1.54, 1.807) is 30.5 Å². The molecule has 1 heterocycles. The number of carbonyl (C=O) groups excluding carboxylic acids is 1. The molecule has 0 fully saturated rings. The number of benzene rings is 2. The van der Waals surface area contributed by atoms with Gasteiger partial charge in [-0.2, -0.15) is 0 Å². The molecule has 128 valence electrons. The maximum atomic E-state index is 12.7. The van der Waals surface area contributed by atoms with Gasteiger partial charge in [-0.1, -0.05) is 29.8 Å². The fourth-order valence-corrected chi connectivity index (χ4v) is 2.72. The molecular formula is C21H21NO3. The van der Waals surface area contributed by atoms with E-state index in [1.165, 1.54) is 4.57 Å². The van der Waals surface area contributed by atoms with Crippen molar-refractivity contribution in [3.8, 4) is 5.75 Å². The van der Waals surface area contributed by atoms with Crippen LogP contribution in [0.3, 0.4) is 0 Å². The Bertz CT molecular complexity index is 969. The molecule has 0 aliphatic carbocycles. The Balaban J connectivity index is 1.90. The highest BCUT2D eigenvalue weighted by Gasteiger charge is 2.10. The quantitative estimate of drug-likeness (QED) is 0.663. The van der Waals surface area contributed by atoms with Crippen molar-refractivity contribution in [2.24, 2.45) is 0 Å². The minimum absolute atomic E-state index is 0.0298. The van der Waals surface area contributed by atoms with Crippen LogP contribution in [0.1, 0.15) is 29.8 Å². The van der Waals surface area contributed by atoms with Gasteiger partial charge in [-0.3, -0.25) is 9.59 Å². The van der Waals surface area contributed by atoms with Gasteiger partial charge in [0.1, 0.15) is 5.75 Å². The van der Waals surface area contributed by atoms with Crippen molar-refractivity contribution in [1.82, 2.24) is 4.57 Å². The average Bonchev–Trinajstić information content (AvgIpc) is 2.57. The fraction of sp³-hybridized carbons (Fsp3) is 0.238. The molecule has 0 aliphatic rings. The third-order valence-corrected chi connectivity index (χ3v) is 4.01. The summed E-state index contributed by atoms with van der Waals surface area (Å²) < 4.78 is 7.11. The first-order chi connectivity index (χ1) is 11.9. The van der Waals surface area contributed by atoms with Gasteiger partial charge >= 0.3 is 0 Å². The predicted octanol–water partition coefficient (Wildman–Crippen LogP) is 3.98. The summed E-state index contributed by atoms with van der Waals surface area (Å²) in [6.07, 6.45) is 1.74.